The molecule has 1 aliphatic rings. The molecule has 23 heavy (non-hydrogen) atoms. The smallest absolute Gasteiger partial charge is 0.228 e. The van der Waals surface area contributed by atoms with E-state index in [1.54, 1.807) is 6.07 Å². The Bertz CT molecular complexity index is 712. The Morgan fingerprint density at radius 1 is 1.22 bits per heavy atom. The van der Waals surface area contributed by atoms with Crippen LogP contribution in [0, 0.1) is 5.92 Å². The zero-order valence-electron chi connectivity index (χ0n) is 12.7. The average Bonchev–Trinajstić information content (AvgIpc) is 3.29. The fourth-order valence-electron chi connectivity index (χ4n) is 2.72. The van der Waals surface area contributed by atoms with Crippen LogP contribution >= 0.6 is 23.2 Å². The third kappa shape index (κ3) is 3.80. The molecule has 120 valence electrons. The Kier molecular flexibility index (Phi) is 4.79. The van der Waals surface area contributed by atoms with Crippen molar-refractivity contribution < 1.29 is 9.53 Å². The van der Waals surface area contributed by atoms with E-state index in [0.29, 0.717) is 28.1 Å². The first kappa shape index (κ1) is 16.2. The van der Waals surface area contributed by atoms with Gasteiger partial charge < -0.3 is 10.1 Å². The minimum Gasteiger partial charge on any atom is -0.492 e. The molecule has 1 N–H and O–H groups in total. The third-order valence-electron chi connectivity index (χ3n) is 3.89. The molecule has 2 aromatic carbocycles. The third-order valence-corrected chi connectivity index (χ3v) is 4.32. The van der Waals surface area contributed by atoms with Crippen LogP contribution in [0.25, 0.3) is 0 Å². The van der Waals surface area contributed by atoms with E-state index in [2.05, 4.69) is 5.32 Å². The van der Waals surface area contributed by atoms with Gasteiger partial charge >= 0.3 is 0 Å². The molecule has 0 heterocycles. The van der Waals surface area contributed by atoms with Gasteiger partial charge in [-0.05, 0) is 55.2 Å². The first-order valence-corrected chi connectivity index (χ1v) is 8.32. The van der Waals surface area contributed by atoms with Gasteiger partial charge in [0.1, 0.15) is 5.75 Å². The first-order valence-electron chi connectivity index (χ1n) is 7.57. The number of anilines is 1. The highest BCUT2D eigenvalue weighted by atomic mass is 35.5. The Hall–Kier alpha value is -1.71. The van der Waals surface area contributed by atoms with Crippen molar-refractivity contribution in [3.8, 4) is 5.75 Å². The average molecular weight is 350 g/mol. The summed E-state index contributed by atoms with van der Waals surface area (Å²) in [7, 11) is 0. The molecule has 0 bridgehead atoms. The van der Waals surface area contributed by atoms with Gasteiger partial charge in [0, 0.05) is 16.0 Å². The number of para-hydroxylation sites is 2. The van der Waals surface area contributed by atoms with Crippen LogP contribution in [0.2, 0.25) is 10.0 Å². The number of amides is 1. The highest BCUT2D eigenvalue weighted by molar-refractivity contribution is 6.34. The number of rotatable bonds is 5. The lowest BCUT2D eigenvalue weighted by atomic mass is 10.1. The van der Waals surface area contributed by atoms with Gasteiger partial charge in [-0.15, -0.1) is 0 Å². The molecule has 5 heteroatoms. The van der Waals surface area contributed by atoms with Gasteiger partial charge in [0.2, 0.25) is 5.91 Å². The van der Waals surface area contributed by atoms with Gasteiger partial charge in [0.25, 0.3) is 0 Å². The molecule has 0 unspecified atom stereocenters. The first-order chi connectivity index (χ1) is 11.1. The topological polar surface area (TPSA) is 38.3 Å². The Labute approximate surface area is 145 Å². The molecule has 3 rings (SSSR count). The summed E-state index contributed by atoms with van der Waals surface area (Å²) in [5.74, 6) is 0.800. The molecule has 1 amide bonds. The number of benzene rings is 2. The van der Waals surface area contributed by atoms with Crippen molar-refractivity contribution in [3.05, 3.63) is 58.1 Å². The van der Waals surface area contributed by atoms with Crippen molar-refractivity contribution in [2.75, 3.05) is 11.9 Å². The highest BCUT2D eigenvalue weighted by Gasteiger charge is 2.44. The maximum absolute atomic E-state index is 12.5. The SMILES string of the molecule is CCOc1ccccc1NC(=O)[C@H]1C[C@H]1c1cc(Cl)cc(Cl)c1. The second kappa shape index (κ2) is 6.81. The predicted octanol–water partition coefficient (Wildman–Crippen LogP) is 5.13. The van der Waals surface area contributed by atoms with E-state index < -0.39 is 0 Å². The van der Waals surface area contributed by atoms with Crippen LogP contribution in [0.4, 0.5) is 5.69 Å². The van der Waals surface area contributed by atoms with Crippen molar-refractivity contribution in [2.24, 2.45) is 5.92 Å². The number of nitrogens with one attached hydrogen (secondary N) is 1. The minimum absolute atomic E-state index is 0.00162. The van der Waals surface area contributed by atoms with Gasteiger partial charge in [0.05, 0.1) is 12.3 Å². The number of hydrogen-bond acceptors (Lipinski definition) is 2. The summed E-state index contributed by atoms with van der Waals surface area (Å²) in [6.07, 6.45) is 0.805. The molecule has 0 spiro atoms. The number of ether oxygens (including phenoxy) is 1. The van der Waals surface area contributed by atoms with Crippen LogP contribution in [-0.2, 0) is 4.79 Å². The fourth-order valence-corrected chi connectivity index (χ4v) is 3.26. The number of carbonyl (C=O) groups excluding carboxylic acids is 1. The monoisotopic (exact) mass is 349 g/mol. The predicted molar refractivity (Wildman–Crippen MR) is 93.6 cm³/mol. The zero-order chi connectivity index (χ0) is 16.4. The lowest BCUT2D eigenvalue weighted by molar-refractivity contribution is -0.117. The largest absolute Gasteiger partial charge is 0.492 e. The van der Waals surface area contributed by atoms with Crippen molar-refractivity contribution in [1.29, 1.82) is 0 Å². The maximum Gasteiger partial charge on any atom is 0.228 e. The summed E-state index contributed by atoms with van der Waals surface area (Å²) in [6, 6.07) is 12.9. The summed E-state index contributed by atoms with van der Waals surface area (Å²) < 4.78 is 5.53. The maximum atomic E-state index is 12.5. The Balaban J connectivity index is 1.69. The normalized spacial score (nSPS) is 19.3. The summed E-state index contributed by atoms with van der Waals surface area (Å²) in [6.45, 7) is 2.47. The van der Waals surface area contributed by atoms with Crippen LogP contribution in [0.1, 0.15) is 24.8 Å². The highest BCUT2D eigenvalue weighted by Crippen LogP contribution is 2.49. The number of hydrogen-bond donors (Lipinski definition) is 1. The molecule has 0 saturated heterocycles. The fraction of sp³-hybridized carbons (Fsp3) is 0.278. The Morgan fingerprint density at radius 2 is 1.91 bits per heavy atom. The molecule has 3 nitrogen and oxygen atoms in total. The van der Waals surface area contributed by atoms with E-state index in [0.717, 1.165) is 12.0 Å². The van der Waals surface area contributed by atoms with Crippen molar-refractivity contribution in [2.45, 2.75) is 19.3 Å². The van der Waals surface area contributed by atoms with E-state index in [1.807, 2.05) is 43.3 Å². The molecule has 0 aliphatic heterocycles. The number of halogens is 2. The van der Waals surface area contributed by atoms with E-state index in [-0.39, 0.29) is 17.7 Å². The van der Waals surface area contributed by atoms with Gasteiger partial charge in [-0.2, -0.15) is 0 Å². The molecule has 1 saturated carbocycles. The quantitative estimate of drug-likeness (QED) is 0.811. The molecule has 1 aliphatic carbocycles. The second-order valence-electron chi connectivity index (χ2n) is 5.57. The van der Waals surface area contributed by atoms with Gasteiger partial charge in [-0.1, -0.05) is 35.3 Å². The summed E-state index contributed by atoms with van der Waals surface area (Å²) in [5.41, 5.74) is 1.72. The minimum atomic E-state index is -0.0563. The summed E-state index contributed by atoms with van der Waals surface area (Å²) >= 11 is 12.1. The van der Waals surface area contributed by atoms with Crippen LogP contribution in [-0.4, -0.2) is 12.5 Å². The van der Waals surface area contributed by atoms with Gasteiger partial charge in [-0.3, -0.25) is 4.79 Å². The van der Waals surface area contributed by atoms with E-state index >= 15 is 0 Å². The van der Waals surface area contributed by atoms with E-state index in [9.17, 15) is 4.79 Å². The van der Waals surface area contributed by atoms with E-state index in [1.165, 1.54) is 0 Å². The van der Waals surface area contributed by atoms with Gasteiger partial charge in [0.15, 0.2) is 0 Å². The van der Waals surface area contributed by atoms with Crippen LogP contribution in [0.3, 0.4) is 0 Å². The summed E-state index contributed by atoms with van der Waals surface area (Å²) in [4.78, 5) is 12.5. The lowest BCUT2D eigenvalue weighted by Crippen LogP contribution is -2.15. The van der Waals surface area contributed by atoms with E-state index in [4.69, 9.17) is 27.9 Å². The molecule has 1 fully saturated rings. The van der Waals surface area contributed by atoms with Crippen LogP contribution in [0.5, 0.6) is 5.75 Å². The van der Waals surface area contributed by atoms with Crippen LogP contribution in [0.15, 0.2) is 42.5 Å². The standard InChI is InChI=1S/C18H17Cl2NO2/c1-2-23-17-6-4-3-5-16(17)21-18(22)15-10-14(15)11-7-12(19)9-13(20)8-11/h3-9,14-15H,2,10H2,1H3,(H,21,22)/t14-,15-/m0/s1. The molecule has 2 aromatic rings. The zero-order valence-corrected chi connectivity index (χ0v) is 14.2. The van der Waals surface area contributed by atoms with Crippen molar-refractivity contribution >= 4 is 34.8 Å². The molecule has 0 radical (unpaired) electrons. The van der Waals surface area contributed by atoms with Crippen molar-refractivity contribution in [3.63, 3.8) is 0 Å². The lowest BCUT2D eigenvalue weighted by Gasteiger charge is -2.11. The second-order valence-corrected chi connectivity index (χ2v) is 6.44. The number of carbonyl (C=O) groups is 1. The Morgan fingerprint density at radius 3 is 2.61 bits per heavy atom. The van der Waals surface area contributed by atoms with Gasteiger partial charge in [-0.25, -0.2) is 0 Å². The molecule has 2 atom stereocenters. The van der Waals surface area contributed by atoms with Crippen molar-refractivity contribution in [1.82, 2.24) is 0 Å². The summed E-state index contributed by atoms with van der Waals surface area (Å²) in [5, 5.41) is 4.15. The molecular weight excluding hydrogens is 333 g/mol. The molecule has 0 aromatic heterocycles. The molecular formula is C18H17Cl2NO2. The van der Waals surface area contributed by atoms with Crippen LogP contribution < -0.4 is 10.1 Å².